The molecule has 0 spiro atoms. The van der Waals surface area contributed by atoms with E-state index in [-0.39, 0.29) is 11.7 Å². The molecule has 1 aromatic carbocycles. The number of rotatable bonds is 6. The Hall–Kier alpha value is -1.76. The summed E-state index contributed by atoms with van der Waals surface area (Å²) in [6.07, 6.45) is 0. The summed E-state index contributed by atoms with van der Waals surface area (Å²) in [6, 6.07) is 1.67. The third-order valence-electron chi connectivity index (χ3n) is 2.22. The van der Waals surface area contributed by atoms with Gasteiger partial charge in [-0.2, -0.15) is 0 Å². The zero-order valence-electron chi connectivity index (χ0n) is 10.2. The fraction of sp³-hybridized carbons (Fsp3) is 0.455. The van der Waals surface area contributed by atoms with Crippen molar-refractivity contribution in [1.29, 1.82) is 0 Å². The van der Waals surface area contributed by atoms with E-state index >= 15 is 0 Å². The van der Waals surface area contributed by atoms with Gasteiger partial charge >= 0.3 is 0 Å². The summed E-state index contributed by atoms with van der Waals surface area (Å²) in [4.78, 5) is 9.56. The second kappa shape index (κ2) is 6.25. The van der Waals surface area contributed by atoms with E-state index in [1.807, 2.05) is 13.8 Å². The molecule has 0 aliphatic carbocycles. The Kier molecular flexibility index (Phi) is 4.96. The first-order valence-electron chi connectivity index (χ1n) is 5.52. The van der Waals surface area contributed by atoms with Crippen LogP contribution in [0, 0.1) is 21.7 Å². The van der Waals surface area contributed by atoms with Crippen molar-refractivity contribution >= 4 is 11.4 Å². The summed E-state index contributed by atoms with van der Waals surface area (Å²) < 4.78 is 26.9. The van der Waals surface area contributed by atoms with E-state index in [9.17, 15) is 18.9 Å². The molecule has 0 saturated carbocycles. The number of nitro groups is 1. The highest BCUT2D eigenvalue weighted by Crippen LogP contribution is 2.24. The standard InChI is InChI=1S/C11H15F2N3O2/c1-7(2)14-3-4-15-11-9(12)5-8(16(17)18)6-10(11)13/h5-7,14-15H,3-4H2,1-2H3. The van der Waals surface area contributed by atoms with Crippen LogP contribution in [-0.4, -0.2) is 24.1 Å². The molecule has 0 aliphatic rings. The maximum atomic E-state index is 13.4. The van der Waals surface area contributed by atoms with E-state index in [2.05, 4.69) is 10.6 Å². The predicted molar refractivity (Wildman–Crippen MR) is 64.6 cm³/mol. The lowest BCUT2D eigenvalue weighted by atomic mass is 10.2. The minimum Gasteiger partial charge on any atom is -0.379 e. The Labute approximate surface area is 103 Å². The van der Waals surface area contributed by atoms with Gasteiger partial charge in [0, 0.05) is 19.1 Å². The zero-order valence-corrected chi connectivity index (χ0v) is 10.2. The van der Waals surface area contributed by atoms with Crippen molar-refractivity contribution in [3.8, 4) is 0 Å². The van der Waals surface area contributed by atoms with E-state index in [0.717, 1.165) is 0 Å². The van der Waals surface area contributed by atoms with E-state index in [0.29, 0.717) is 25.2 Å². The Morgan fingerprint density at radius 2 is 1.83 bits per heavy atom. The molecule has 0 fully saturated rings. The lowest BCUT2D eigenvalue weighted by molar-refractivity contribution is -0.385. The van der Waals surface area contributed by atoms with Gasteiger partial charge in [0.25, 0.3) is 5.69 Å². The molecule has 0 bridgehead atoms. The summed E-state index contributed by atoms with van der Waals surface area (Å²) in [5.74, 6) is -1.93. The molecule has 18 heavy (non-hydrogen) atoms. The predicted octanol–water partition coefficient (Wildman–Crippen LogP) is 2.28. The van der Waals surface area contributed by atoms with Gasteiger partial charge in [-0.25, -0.2) is 8.78 Å². The third kappa shape index (κ3) is 3.92. The van der Waals surface area contributed by atoms with Crippen LogP contribution < -0.4 is 10.6 Å². The number of hydrogen-bond donors (Lipinski definition) is 2. The first-order chi connectivity index (χ1) is 8.41. The first kappa shape index (κ1) is 14.3. The van der Waals surface area contributed by atoms with Gasteiger partial charge in [-0.15, -0.1) is 0 Å². The quantitative estimate of drug-likeness (QED) is 0.467. The number of nitrogens with zero attached hydrogens (tertiary/aromatic N) is 1. The minimum atomic E-state index is -0.966. The molecule has 0 radical (unpaired) electrons. The molecule has 1 rings (SSSR count). The zero-order chi connectivity index (χ0) is 13.7. The lowest BCUT2D eigenvalue weighted by Gasteiger charge is -2.11. The topological polar surface area (TPSA) is 67.2 Å². The van der Waals surface area contributed by atoms with Crippen LogP contribution in [0.2, 0.25) is 0 Å². The van der Waals surface area contributed by atoms with Gasteiger partial charge in [-0.3, -0.25) is 10.1 Å². The molecular weight excluding hydrogens is 244 g/mol. The van der Waals surface area contributed by atoms with E-state index in [1.54, 1.807) is 0 Å². The molecule has 0 aromatic heterocycles. The molecule has 0 amide bonds. The van der Waals surface area contributed by atoms with Crippen LogP contribution in [0.1, 0.15) is 13.8 Å². The molecule has 1 aromatic rings. The molecule has 100 valence electrons. The van der Waals surface area contributed by atoms with E-state index < -0.39 is 22.2 Å². The molecule has 5 nitrogen and oxygen atoms in total. The third-order valence-corrected chi connectivity index (χ3v) is 2.22. The second-order valence-corrected chi connectivity index (χ2v) is 4.08. The maximum absolute atomic E-state index is 13.4. The number of non-ortho nitro benzene ring substituents is 1. The molecule has 2 N–H and O–H groups in total. The highest BCUT2D eigenvalue weighted by Gasteiger charge is 2.16. The number of anilines is 1. The van der Waals surface area contributed by atoms with Gasteiger partial charge in [0.15, 0.2) is 11.6 Å². The van der Waals surface area contributed by atoms with Crippen molar-refractivity contribution in [3.63, 3.8) is 0 Å². The highest BCUT2D eigenvalue weighted by atomic mass is 19.1. The number of benzene rings is 1. The van der Waals surface area contributed by atoms with Crippen LogP contribution in [0.25, 0.3) is 0 Å². The Morgan fingerprint density at radius 3 is 2.28 bits per heavy atom. The minimum absolute atomic E-state index is 0.276. The number of hydrogen-bond acceptors (Lipinski definition) is 4. The second-order valence-electron chi connectivity index (χ2n) is 4.08. The lowest BCUT2D eigenvalue weighted by Crippen LogP contribution is -2.28. The molecular formula is C11H15F2N3O2. The van der Waals surface area contributed by atoms with Gasteiger partial charge in [-0.1, -0.05) is 13.8 Å². The summed E-state index contributed by atoms with van der Waals surface area (Å²) >= 11 is 0. The summed E-state index contributed by atoms with van der Waals surface area (Å²) in [7, 11) is 0. The van der Waals surface area contributed by atoms with Crippen molar-refractivity contribution in [1.82, 2.24) is 5.32 Å². The summed E-state index contributed by atoms with van der Waals surface area (Å²) in [6.45, 7) is 4.76. The van der Waals surface area contributed by atoms with Gasteiger partial charge in [0.05, 0.1) is 17.1 Å². The highest BCUT2D eigenvalue weighted by molar-refractivity contribution is 5.51. The molecule has 0 heterocycles. The van der Waals surface area contributed by atoms with Gasteiger partial charge in [-0.05, 0) is 0 Å². The van der Waals surface area contributed by atoms with Crippen molar-refractivity contribution in [2.45, 2.75) is 19.9 Å². The van der Waals surface area contributed by atoms with Gasteiger partial charge in [0.2, 0.25) is 0 Å². The average molecular weight is 259 g/mol. The Balaban J connectivity index is 2.69. The van der Waals surface area contributed by atoms with Crippen LogP contribution in [0.4, 0.5) is 20.2 Å². The Morgan fingerprint density at radius 1 is 1.28 bits per heavy atom. The molecule has 0 atom stereocenters. The number of halogens is 2. The van der Waals surface area contributed by atoms with Crippen LogP contribution in [0.15, 0.2) is 12.1 Å². The summed E-state index contributed by atoms with van der Waals surface area (Å²) in [5, 5.41) is 16.0. The number of nitrogens with one attached hydrogen (secondary N) is 2. The van der Waals surface area contributed by atoms with Crippen molar-refractivity contribution in [2.75, 3.05) is 18.4 Å². The van der Waals surface area contributed by atoms with Crippen LogP contribution in [0.5, 0.6) is 0 Å². The first-order valence-corrected chi connectivity index (χ1v) is 5.52. The Bertz CT molecular complexity index is 415. The SMILES string of the molecule is CC(C)NCCNc1c(F)cc([N+](=O)[O-])cc1F. The van der Waals surface area contributed by atoms with Crippen molar-refractivity contribution < 1.29 is 13.7 Å². The van der Waals surface area contributed by atoms with Crippen molar-refractivity contribution in [3.05, 3.63) is 33.9 Å². The largest absolute Gasteiger partial charge is 0.379 e. The van der Waals surface area contributed by atoms with Gasteiger partial charge < -0.3 is 10.6 Å². The van der Waals surface area contributed by atoms with E-state index in [1.165, 1.54) is 0 Å². The van der Waals surface area contributed by atoms with Crippen LogP contribution in [-0.2, 0) is 0 Å². The van der Waals surface area contributed by atoms with Crippen molar-refractivity contribution in [2.24, 2.45) is 0 Å². The average Bonchev–Trinajstić information content (AvgIpc) is 2.26. The number of nitro benzene ring substituents is 1. The monoisotopic (exact) mass is 259 g/mol. The van der Waals surface area contributed by atoms with Crippen LogP contribution >= 0.6 is 0 Å². The smallest absolute Gasteiger partial charge is 0.275 e. The fourth-order valence-corrected chi connectivity index (χ4v) is 1.38. The van der Waals surface area contributed by atoms with Crippen LogP contribution in [0.3, 0.4) is 0 Å². The van der Waals surface area contributed by atoms with E-state index in [4.69, 9.17) is 0 Å². The fourth-order valence-electron chi connectivity index (χ4n) is 1.38. The molecule has 7 heteroatoms. The summed E-state index contributed by atoms with van der Waals surface area (Å²) in [5.41, 5.74) is -0.943. The van der Waals surface area contributed by atoms with Gasteiger partial charge in [0.1, 0.15) is 5.69 Å². The normalized spacial score (nSPS) is 10.7. The maximum Gasteiger partial charge on any atom is 0.275 e. The molecule has 0 aliphatic heterocycles. The molecule has 0 unspecified atom stereocenters. The molecule has 0 saturated heterocycles.